The fourth-order valence-corrected chi connectivity index (χ4v) is 2.13. The van der Waals surface area contributed by atoms with Gasteiger partial charge in [-0.25, -0.2) is 0 Å². The van der Waals surface area contributed by atoms with Crippen LogP contribution in [0.5, 0.6) is 0 Å². The van der Waals surface area contributed by atoms with Gasteiger partial charge < -0.3 is 11.1 Å². The van der Waals surface area contributed by atoms with Crippen LogP contribution in [0, 0.1) is 0 Å². The molecule has 2 aromatic rings. The number of nitrogen functional groups attached to an aromatic ring is 1. The highest BCUT2D eigenvalue weighted by molar-refractivity contribution is 5.32. The quantitative estimate of drug-likeness (QED) is 0.852. The van der Waals surface area contributed by atoms with Gasteiger partial charge in [0.05, 0.1) is 0 Å². The van der Waals surface area contributed by atoms with Crippen LogP contribution in [0.15, 0.2) is 30.3 Å². The monoisotopic (exact) mass is 325 g/mol. The SMILES string of the molecule is CC(CCCc1ccccc1)Nc1nc(N)nc(C(F)(F)F)n1. The Labute approximate surface area is 132 Å². The predicted octanol–water partition coefficient (Wildman–Crippen LogP) is 3.30. The lowest BCUT2D eigenvalue weighted by molar-refractivity contribution is -0.144. The van der Waals surface area contributed by atoms with Crippen molar-refractivity contribution >= 4 is 11.9 Å². The first-order chi connectivity index (χ1) is 10.8. The number of nitrogens with one attached hydrogen (secondary N) is 1. The fraction of sp³-hybridized carbons (Fsp3) is 0.400. The summed E-state index contributed by atoms with van der Waals surface area (Å²) in [5.41, 5.74) is 6.53. The molecule has 0 saturated heterocycles. The van der Waals surface area contributed by atoms with Crippen molar-refractivity contribution in [2.45, 2.75) is 38.4 Å². The topological polar surface area (TPSA) is 76.7 Å². The molecule has 1 aromatic carbocycles. The van der Waals surface area contributed by atoms with Gasteiger partial charge in [-0.1, -0.05) is 30.3 Å². The molecule has 0 amide bonds. The van der Waals surface area contributed by atoms with E-state index in [2.05, 4.69) is 20.3 Å². The molecule has 1 heterocycles. The summed E-state index contributed by atoms with van der Waals surface area (Å²) in [4.78, 5) is 10.2. The summed E-state index contributed by atoms with van der Waals surface area (Å²) in [6, 6.07) is 9.91. The summed E-state index contributed by atoms with van der Waals surface area (Å²) in [6.45, 7) is 1.86. The summed E-state index contributed by atoms with van der Waals surface area (Å²) in [6.07, 6.45) is -2.09. The average molecular weight is 325 g/mol. The van der Waals surface area contributed by atoms with Crippen LogP contribution in [0.1, 0.15) is 31.2 Å². The Balaban J connectivity index is 1.90. The molecule has 0 aliphatic rings. The highest BCUT2D eigenvalue weighted by Gasteiger charge is 2.35. The fourth-order valence-electron chi connectivity index (χ4n) is 2.13. The van der Waals surface area contributed by atoms with Crippen LogP contribution in [0.2, 0.25) is 0 Å². The Morgan fingerprint density at radius 3 is 2.48 bits per heavy atom. The van der Waals surface area contributed by atoms with Gasteiger partial charge in [-0.3, -0.25) is 0 Å². The number of hydrogen-bond donors (Lipinski definition) is 2. The van der Waals surface area contributed by atoms with Gasteiger partial charge in [0.15, 0.2) is 0 Å². The van der Waals surface area contributed by atoms with Crippen molar-refractivity contribution in [2.75, 3.05) is 11.1 Å². The first kappa shape index (κ1) is 17.0. The first-order valence-electron chi connectivity index (χ1n) is 7.24. The lowest BCUT2D eigenvalue weighted by Crippen LogP contribution is -2.21. The number of halogens is 3. The minimum absolute atomic E-state index is 0.0819. The van der Waals surface area contributed by atoms with Crippen LogP contribution in [-0.2, 0) is 12.6 Å². The van der Waals surface area contributed by atoms with Crippen LogP contribution in [0.4, 0.5) is 25.1 Å². The summed E-state index contributed by atoms with van der Waals surface area (Å²) in [5, 5.41) is 2.84. The Bertz CT molecular complexity index is 631. The van der Waals surface area contributed by atoms with Crippen molar-refractivity contribution in [1.82, 2.24) is 15.0 Å². The number of nitrogens with two attached hydrogens (primary N) is 1. The van der Waals surface area contributed by atoms with Gasteiger partial charge in [-0.2, -0.15) is 28.1 Å². The molecule has 1 unspecified atom stereocenters. The van der Waals surface area contributed by atoms with E-state index in [1.165, 1.54) is 5.56 Å². The van der Waals surface area contributed by atoms with E-state index in [9.17, 15) is 13.2 Å². The molecule has 0 fully saturated rings. The molecule has 5 nitrogen and oxygen atoms in total. The summed E-state index contributed by atoms with van der Waals surface area (Å²) in [5.74, 6) is -1.90. The van der Waals surface area contributed by atoms with Crippen LogP contribution < -0.4 is 11.1 Å². The second-order valence-electron chi connectivity index (χ2n) is 5.26. The van der Waals surface area contributed by atoms with E-state index in [1.807, 2.05) is 37.3 Å². The zero-order valence-corrected chi connectivity index (χ0v) is 12.6. The number of anilines is 2. The molecular formula is C15H18F3N5. The minimum atomic E-state index is -4.65. The van der Waals surface area contributed by atoms with Crippen molar-refractivity contribution in [1.29, 1.82) is 0 Å². The van der Waals surface area contributed by atoms with Crippen molar-refractivity contribution < 1.29 is 13.2 Å². The number of alkyl halides is 3. The normalized spacial score (nSPS) is 12.9. The van der Waals surface area contributed by atoms with Gasteiger partial charge in [0, 0.05) is 6.04 Å². The van der Waals surface area contributed by atoms with Gasteiger partial charge in [0.25, 0.3) is 0 Å². The van der Waals surface area contributed by atoms with Crippen molar-refractivity contribution in [3.63, 3.8) is 0 Å². The van der Waals surface area contributed by atoms with Crippen LogP contribution in [0.25, 0.3) is 0 Å². The van der Waals surface area contributed by atoms with Crippen LogP contribution in [0.3, 0.4) is 0 Å². The summed E-state index contributed by atoms with van der Waals surface area (Å²) >= 11 is 0. The lowest BCUT2D eigenvalue weighted by atomic mass is 10.1. The molecule has 2 rings (SSSR count). The molecule has 0 radical (unpaired) electrons. The van der Waals surface area contributed by atoms with Crippen molar-refractivity contribution in [2.24, 2.45) is 0 Å². The molecule has 0 aliphatic heterocycles. The maximum absolute atomic E-state index is 12.6. The smallest absolute Gasteiger partial charge is 0.368 e. The molecule has 1 aromatic heterocycles. The average Bonchev–Trinajstić information content (AvgIpc) is 2.47. The van der Waals surface area contributed by atoms with Gasteiger partial charge in [0.1, 0.15) is 0 Å². The molecule has 124 valence electrons. The van der Waals surface area contributed by atoms with Gasteiger partial charge in [-0.05, 0) is 31.7 Å². The largest absolute Gasteiger partial charge is 0.451 e. The van der Waals surface area contributed by atoms with Gasteiger partial charge >= 0.3 is 6.18 Å². The minimum Gasteiger partial charge on any atom is -0.368 e. The Kier molecular flexibility index (Phi) is 5.36. The summed E-state index contributed by atoms with van der Waals surface area (Å²) < 4.78 is 37.9. The number of hydrogen-bond acceptors (Lipinski definition) is 5. The first-order valence-corrected chi connectivity index (χ1v) is 7.24. The van der Waals surface area contributed by atoms with Crippen molar-refractivity contribution in [3.05, 3.63) is 41.7 Å². The highest BCUT2D eigenvalue weighted by atomic mass is 19.4. The van der Waals surface area contributed by atoms with Crippen molar-refractivity contribution in [3.8, 4) is 0 Å². The van der Waals surface area contributed by atoms with Crippen LogP contribution >= 0.6 is 0 Å². The molecule has 0 aliphatic carbocycles. The third-order valence-electron chi connectivity index (χ3n) is 3.23. The number of benzene rings is 1. The molecule has 0 spiro atoms. The van der Waals surface area contributed by atoms with E-state index in [0.717, 1.165) is 19.3 Å². The van der Waals surface area contributed by atoms with E-state index < -0.39 is 17.9 Å². The van der Waals surface area contributed by atoms with Gasteiger partial charge in [-0.15, -0.1) is 0 Å². The molecule has 0 bridgehead atoms. The highest BCUT2D eigenvalue weighted by Crippen LogP contribution is 2.27. The second kappa shape index (κ2) is 7.26. The third-order valence-corrected chi connectivity index (χ3v) is 3.23. The van der Waals surface area contributed by atoms with E-state index in [1.54, 1.807) is 0 Å². The molecule has 8 heteroatoms. The van der Waals surface area contributed by atoms with E-state index >= 15 is 0 Å². The Morgan fingerprint density at radius 2 is 1.83 bits per heavy atom. The molecule has 1 atom stereocenters. The second-order valence-corrected chi connectivity index (χ2v) is 5.26. The Hall–Kier alpha value is -2.38. The third kappa shape index (κ3) is 5.39. The standard InChI is InChI=1S/C15H18F3N5/c1-10(6-5-9-11-7-3-2-4-8-11)20-14-22-12(15(16,17)18)21-13(19)23-14/h2-4,7-8,10H,5-6,9H2,1H3,(H3,19,20,21,22,23). The predicted molar refractivity (Wildman–Crippen MR) is 81.7 cm³/mol. The summed E-state index contributed by atoms with van der Waals surface area (Å²) in [7, 11) is 0. The van der Waals surface area contributed by atoms with E-state index in [0.29, 0.717) is 0 Å². The number of aryl methyl sites for hydroxylation is 1. The molecule has 3 N–H and O–H groups in total. The molecular weight excluding hydrogens is 307 g/mol. The number of nitrogens with zero attached hydrogens (tertiary/aromatic N) is 3. The zero-order valence-electron chi connectivity index (χ0n) is 12.6. The van der Waals surface area contributed by atoms with Gasteiger partial charge in [0.2, 0.25) is 17.7 Å². The maximum Gasteiger partial charge on any atom is 0.451 e. The number of aromatic nitrogens is 3. The Morgan fingerprint density at radius 1 is 1.13 bits per heavy atom. The molecule has 0 saturated carbocycles. The maximum atomic E-state index is 12.6. The lowest BCUT2D eigenvalue weighted by Gasteiger charge is -2.15. The van der Waals surface area contributed by atoms with E-state index in [4.69, 9.17) is 5.73 Å². The van der Waals surface area contributed by atoms with Crippen LogP contribution in [-0.4, -0.2) is 21.0 Å². The van der Waals surface area contributed by atoms with E-state index in [-0.39, 0.29) is 12.0 Å². The number of rotatable bonds is 6. The molecule has 23 heavy (non-hydrogen) atoms. The zero-order chi connectivity index (χ0) is 16.9.